The van der Waals surface area contributed by atoms with Crippen molar-refractivity contribution in [2.75, 3.05) is 0 Å². The van der Waals surface area contributed by atoms with Crippen molar-refractivity contribution in [2.24, 2.45) is 0 Å². The summed E-state index contributed by atoms with van der Waals surface area (Å²) in [4.78, 5) is 14.8. The van der Waals surface area contributed by atoms with Gasteiger partial charge in [-0.05, 0) is 18.6 Å². The zero-order valence-corrected chi connectivity index (χ0v) is 9.91. The molecule has 4 nitrogen and oxygen atoms in total. The molecule has 0 aliphatic rings. The van der Waals surface area contributed by atoms with Crippen molar-refractivity contribution in [3.63, 3.8) is 0 Å². The lowest BCUT2D eigenvalue weighted by Gasteiger charge is -2.16. The van der Waals surface area contributed by atoms with E-state index >= 15 is 0 Å². The van der Waals surface area contributed by atoms with Gasteiger partial charge in [-0.15, -0.1) is 0 Å². The molecule has 0 bridgehead atoms. The average Bonchev–Trinajstić information content (AvgIpc) is 2.40. The summed E-state index contributed by atoms with van der Waals surface area (Å²) in [5.41, 5.74) is 1.06. The van der Waals surface area contributed by atoms with Gasteiger partial charge in [0, 0.05) is 12.4 Å². The summed E-state index contributed by atoms with van der Waals surface area (Å²) in [6.07, 6.45) is 2.58. The molecule has 1 aromatic heterocycles. The minimum atomic E-state index is -1.04. The van der Waals surface area contributed by atoms with Gasteiger partial charge in [0.15, 0.2) is 0 Å². The first-order chi connectivity index (χ1) is 8.68. The molecular formula is C14H13NO3. The summed E-state index contributed by atoms with van der Waals surface area (Å²) in [6.45, 7) is 1.88. The minimum Gasteiger partial charge on any atom is -0.485 e. The Balaban J connectivity index is 2.22. The van der Waals surface area contributed by atoms with E-state index in [-0.39, 0.29) is 11.7 Å². The van der Waals surface area contributed by atoms with Crippen LogP contribution in [0.15, 0.2) is 48.8 Å². The maximum Gasteiger partial charge on any atom is 0.341 e. The Hall–Kier alpha value is -2.36. The summed E-state index contributed by atoms with van der Waals surface area (Å²) in [5.74, 6) is -0.716. The Kier molecular flexibility index (Phi) is 3.57. The van der Waals surface area contributed by atoms with Crippen molar-refractivity contribution in [3.05, 3.63) is 59.9 Å². The molecule has 18 heavy (non-hydrogen) atoms. The molecular weight excluding hydrogens is 230 g/mol. The fraction of sp³-hybridized carbons (Fsp3) is 0.143. The zero-order chi connectivity index (χ0) is 13.0. The second-order valence-corrected chi connectivity index (χ2v) is 3.85. The van der Waals surface area contributed by atoms with Crippen LogP contribution in [0.5, 0.6) is 5.75 Å². The van der Waals surface area contributed by atoms with E-state index in [1.807, 2.05) is 37.3 Å². The van der Waals surface area contributed by atoms with Gasteiger partial charge in [0.2, 0.25) is 0 Å². The number of ether oxygens (including phenoxy) is 1. The first-order valence-electron chi connectivity index (χ1n) is 5.57. The van der Waals surface area contributed by atoms with Gasteiger partial charge in [-0.1, -0.05) is 30.3 Å². The minimum absolute atomic E-state index is 0.0697. The Labute approximate surface area is 105 Å². The van der Waals surface area contributed by atoms with E-state index in [0.29, 0.717) is 5.75 Å². The van der Waals surface area contributed by atoms with E-state index < -0.39 is 5.97 Å². The first kappa shape index (κ1) is 12.1. The van der Waals surface area contributed by atoms with Crippen LogP contribution < -0.4 is 4.74 Å². The summed E-state index contributed by atoms with van der Waals surface area (Å²) >= 11 is 0. The predicted octanol–water partition coefficient (Wildman–Crippen LogP) is 2.92. The average molecular weight is 243 g/mol. The van der Waals surface area contributed by atoms with Crippen LogP contribution in [0.2, 0.25) is 0 Å². The molecule has 0 fully saturated rings. The lowest BCUT2D eigenvalue weighted by atomic mass is 10.1. The first-order valence-corrected chi connectivity index (χ1v) is 5.57. The van der Waals surface area contributed by atoms with E-state index in [0.717, 1.165) is 5.56 Å². The second-order valence-electron chi connectivity index (χ2n) is 3.85. The second kappa shape index (κ2) is 5.31. The third kappa shape index (κ3) is 2.66. The molecule has 1 atom stereocenters. The van der Waals surface area contributed by atoms with Gasteiger partial charge in [-0.25, -0.2) is 4.79 Å². The van der Waals surface area contributed by atoms with Gasteiger partial charge in [0.25, 0.3) is 0 Å². The number of rotatable bonds is 4. The molecule has 0 amide bonds. The highest BCUT2D eigenvalue weighted by atomic mass is 16.5. The quantitative estimate of drug-likeness (QED) is 0.896. The molecule has 1 N–H and O–H groups in total. The highest BCUT2D eigenvalue weighted by molar-refractivity contribution is 5.90. The van der Waals surface area contributed by atoms with Crippen LogP contribution in [0.25, 0.3) is 0 Å². The van der Waals surface area contributed by atoms with Crippen molar-refractivity contribution >= 4 is 5.97 Å². The fourth-order valence-corrected chi connectivity index (χ4v) is 1.63. The molecule has 2 aromatic rings. The van der Waals surface area contributed by atoms with Crippen LogP contribution >= 0.6 is 0 Å². The molecule has 92 valence electrons. The van der Waals surface area contributed by atoms with Gasteiger partial charge in [0.1, 0.15) is 17.4 Å². The SMILES string of the molecule is CC(Oc1ccncc1C(=O)O)c1ccccc1. The summed E-state index contributed by atoms with van der Waals surface area (Å²) in [7, 11) is 0. The summed E-state index contributed by atoms with van der Waals surface area (Å²) < 4.78 is 5.67. The highest BCUT2D eigenvalue weighted by Gasteiger charge is 2.14. The number of carboxylic acid groups (broad SMARTS) is 1. The largest absolute Gasteiger partial charge is 0.485 e. The van der Waals surface area contributed by atoms with Crippen molar-refractivity contribution in [3.8, 4) is 5.75 Å². The molecule has 1 unspecified atom stereocenters. The highest BCUT2D eigenvalue weighted by Crippen LogP contribution is 2.24. The predicted molar refractivity (Wildman–Crippen MR) is 66.7 cm³/mol. The number of hydrogen-bond donors (Lipinski definition) is 1. The van der Waals surface area contributed by atoms with Crippen LogP contribution in [0.1, 0.15) is 28.9 Å². The van der Waals surface area contributed by atoms with E-state index in [9.17, 15) is 4.79 Å². The molecule has 0 aliphatic heterocycles. The fourth-order valence-electron chi connectivity index (χ4n) is 1.63. The number of pyridine rings is 1. The van der Waals surface area contributed by atoms with E-state index in [4.69, 9.17) is 9.84 Å². The van der Waals surface area contributed by atoms with Gasteiger partial charge in [-0.3, -0.25) is 4.98 Å². The molecule has 1 heterocycles. The number of benzene rings is 1. The molecule has 0 aliphatic carbocycles. The molecule has 0 spiro atoms. The number of hydrogen-bond acceptors (Lipinski definition) is 3. The number of carboxylic acids is 1. The van der Waals surface area contributed by atoms with Crippen molar-refractivity contribution in [2.45, 2.75) is 13.0 Å². The Morgan fingerprint density at radius 3 is 2.67 bits per heavy atom. The van der Waals surface area contributed by atoms with Crippen LogP contribution in [0, 0.1) is 0 Å². The van der Waals surface area contributed by atoms with Crippen molar-refractivity contribution < 1.29 is 14.6 Å². The number of aromatic nitrogens is 1. The molecule has 4 heteroatoms. The molecule has 0 saturated carbocycles. The van der Waals surface area contributed by atoms with Gasteiger partial charge >= 0.3 is 5.97 Å². The molecule has 0 saturated heterocycles. The third-order valence-corrected chi connectivity index (χ3v) is 2.58. The normalized spacial score (nSPS) is 11.8. The standard InChI is InChI=1S/C14H13NO3/c1-10(11-5-3-2-4-6-11)18-13-7-8-15-9-12(13)14(16)17/h2-10H,1H3,(H,16,17). The number of nitrogens with zero attached hydrogens (tertiary/aromatic N) is 1. The Bertz CT molecular complexity index is 540. The topological polar surface area (TPSA) is 59.4 Å². The summed E-state index contributed by atoms with van der Waals surface area (Å²) in [5, 5.41) is 9.03. The van der Waals surface area contributed by atoms with E-state index in [1.54, 1.807) is 6.07 Å². The number of aromatic carboxylic acids is 1. The lowest BCUT2D eigenvalue weighted by Crippen LogP contribution is -2.07. The van der Waals surface area contributed by atoms with Gasteiger partial charge < -0.3 is 9.84 Å². The third-order valence-electron chi connectivity index (χ3n) is 2.58. The van der Waals surface area contributed by atoms with Crippen LogP contribution in [-0.2, 0) is 0 Å². The lowest BCUT2D eigenvalue weighted by molar-refractivity contribution is 0.0689. The van der Waals surface area contributed by atoms with Crippen LogP contribution in [0.4, 0.5) is 0 Å². The van der Waals surface area contributed by atoms with Crippen molar-refractivity contribution in [1.29, 1.82) is 0 Å². The van der Waals surface area contributed by atoms with E-state index in [2.05, 4.69) is 4.98 Å². The van der Waals surface area contributed by atoms with E-state index in [1.165, 1.54) is 12.4 Å². The Morgan fingerprint density at radius 1 is 1.28 bits per heavy atom. The smallest absolute Gasteiger partial charge is 0.341 e. The van der Waals surface area contributed by atoms with Gasteiger partial charge in [-0.2, -0.15) is 0 Å². The maximum absolute atomic E-state index is 11.0. The summed E-state index contributed by atoms with van der Waals surface area (Å²) in [6, 6.07) is 11.2. The number of carbonyl (C=O) groups is 1. The van der Waals surface area contributed by atoms with Gasteiger partial charge in [0.05, 0.1) is 0 Å². The van der Waals surface area contributed by atoms with Crippen molar-refractivity contribution in [1.82, 2.24) is 4.98 Å². The molecule has 2 rings (SSSR count). The van der Waals surface area contributed by atoms with Crippen LogP contribution in [0.3, 0.4) is 0 Å². The molecule has 0 radical (unpaired) electrons. The monoisotopic (exact) mass is 243 g/mol. The van der Waals surface area contributed by atoms with Crippen LogP contribution in [-0.4, -0.2) is 16.1 Å². The molecule has 1 aromatic carbocycles. The zero-order valence-electron chi connectivity index (χ0n) is 9.91. The maximum atomic E-state index is 11.0. The Morgan fingerprint density at radius 2 is 2.00 bits per heavy atom.